The van der Waals surface area contributed by atoms with Crippen molar-refractivity contribution in [3.05, 3.63) is 87.7 Å². The number of ether oxygens (including phenoxy) is 1. The smallest absolute Gasteiger partial charge is 0.348 e. The average molecular weight is 393 g/mol. The number of Topliss-reactive ketones (excluding diaryl/α,β-unsaturated/α-hetero) is 1. The van der Waals surface area contributed by atoms with Gasteiger partial charge in [-0.05, 0) is 48.1 Å². The molecule has 1 aromatic heterocycles. The molecule has 3 rings (SSSR count). The fourth-order valence-corrected chi connectivity index (χ4v) is 4.66. The second-order valence-corrected chi connectivity index (χ2v) is 7.89. The Labute approximate surface area is 170 Å². The number of hydrogen-bond donors (Lipinski definition) is 0. The minimum Gasteiger partial charge on any atom is -0.465 e. The zero-order chi connectivity index (χ0) is 20.1. The lowest BCUT2D eigenvalue weighted by Crippen LogP contribution is -2.11. The first-order valence-electron chi connectivity index (χ1n) is 9.40. The van der Waals surface area contributed by atoms with E-state index >= 15 is 0 Å². The van der Waals surface area contributed by atoms with E-state index in [1.807, 2.05) is 30.4 Å². The monoisotopic (exact) mass is 392 g/mol. The third kappa shape index (κ3) is 4.07. The van der Waals surface area contributed by atoms with E-state index in [-0.39, 0.29) is 17.7 Å². The zero-order valence-electron chi connectivity index (χ0n) is 16.2. The third-order valence-corrected chi connectivity index (χ3v) is 6.12. The van der Waals surface area contributed by atoms with Gasteiger partial charge in [0.25, 0.3) is 0 Å². The van der Waals surface area contributed by atoms with Crippen molar-refractivity contribution in [1.29, 1.82) is 0 Å². The number of thiophene rings is 1. The summed E-state index contributed by atoms with van der Waals surface area (Å²) in [5.41, 5.74) is 4.35. The molecule has 1 aliphatic carbocycles. The molecule has 144 valence electrons. The van der Waals surface area contributed by atoms with Crippen molar-refractivity contribution in [2.45, 2.75) is 26.2 Å². The van der Waals surface area contributed by atoms with Crippen molar-refractivity contribution in [1.82, 2.24) is 0 Å². The summed E-state index contributed by atoms with van der Waals surface area (Å²) >= 11 is 1.41. The molecule has 0 saturated carbocycles. The summed E-state index contributed by atoms with van der Waals surface area (Å²) in [5.74, 6) is -0.214. The lowest BCUT2D eigenvalue weighted by Gasteiger charge is -2.10. The largest absolute Gasteiger partial charge is 0.465 e. The van der Waals surface area contributed by atoms with Crippen molar-refractivity contribution >= 4 is 28.7 Å². The van der Waals surface area contributed by atoms with Crippen LogP contribution >= 0.6 is 11.3 Å². The van der Waals surface area contributed by atoms with Crippen LogP contribution in [0.1, 0.15) is 49.4 Å². The van der Waals surface area contributed by atoms with Gasteiger partial charge in [0, 0.05) is 16.4 Å². The van der Waals surface area contributed by atoms with Gasteiger partial charge in [-0.2, -0.15) is 0 Å². The maximum atomic E-state index is 13.0. The predicted octanol–water partition coefficient (Wildman–Crippen LogP) is 5.67. The molecule has 1 aliphatic rings. The summed E-state index contributed by atoms with van der Waals surface area (Å²) < 4.78 is 4.77. The number of ketones is 1. The molecule has 3 nitrogen and oxygen atoms in total. The minimum atomic E-state index is -0.329. The van der Waals surface area contributed by atoms with Crippen LogP contribution in [0, 0.1) is 5.92 Å². The Hall–Kier alpha value is -2.72. The normalized spacial score (nSPS) is 16.4. The van der Waals surface area contributed by atoms with Crippen molar-refractivity contribution in [2.24, 2.45) is 5.92 Å². The molecular weight excluding hydrogens is 368 g/mol. The van der Waals surface area contributed by atoms with E-state index in [1.54, 1.807) is 12.1 Å². The summed E-state index contributed by atoms with van der Waals surface area (Å²) in [7, 11) is 1.38. The maximum absolute atomic E-state index is 13.0. The van der Waals surface area contributed by atoms with Crippen molar-refractivity contribution in [2.75, 3.05) is 7.11 Å². The molecule has 0 fully saturated rings. The Morgan fingerprint density at radius 3 is 2.82 bits per heavy atom. The summed E-state index contributed by atoms with van der Waals surface area (Å²) in [4.78, 5) is 26.3. The average Bonchev–Trinajstić information content (AvgIpc) is 3.30. The predicted molar refractivity (Wildman–Crippen MR) is 115 cm³/mol. The molecule has 0 N–H and O–H groups in total. The minimum absolute atomic E-state index is 0.0814. The van der Waals surface area contributed by atoms with Gasteiger partial charge in [0.1, 0.15) is 4.88 Å². The van der Waals surface area contributed by atoms with Gasteiger partial charge >= 0.3 is 5.97 Å². The number of allylic oxidation sites excluding steroid dienone is 5. The van der Waals surface area contributed by atoms with Crippen LogP contribution in [0.5, 0.6) is 0 Å². The molecular formula is C24H24O3S. The first-order chi connectivity index (χ1) is 13.6. The Morgan fingerprint density at radius 1 is 1.29 bits per heavy atom. The number of rotatable bonds is 7. The lowest BCUT2D eigenvalue weighted by atomic mass is 9.94. The molecule has 0 saturated heterocycles. The molecule has 0 aliphatic heterocycles. The number of carbonyl (C=O) groups is 2. The first-order valence-corrected chi connectivity index (χ1v) is 10.2. The Bertz CT molecular complexity index is 962. The van der Waals surface area contributed by atoms with Gasteiger partial charge in [-0.25, -0.2) is 4.79 Å². The fourth-order valence-electron chi connectivity index (χ4n) is 3.65. The SMILES string of the molecule is C=C/C=C\C=C(/CC)c1cccc2c1CC(Cc1ccc(C(=O)OC)s1)C2=O. The van der Waals surface area contributed by atoms with Gasteiger partial charge in [-0.15, -0.1) is 11.3 Å². The van der Waals surface area contributed by atoms with Gasteiger partial charge < -0.3 is 4.74 Å². The van der Waals surface area contributed by atoms with E-state index in [0.717, 1.165) is 34.4 Å². The Kier molecular flexibility index (Phi) is 6.42. The number of carbonyl (C=O) groups excluding carboxylic acids is 2. The van der Waals surface area contributed by atoms with E-state index in [9.17, 15) is 9.59 Å². The summed E-state index contributed by atoms with van der Waals surface area (Å²) in [6.07, 6.45) is 10.0. The molecule has 1 atom stereocenters. The van der Waals surface area contributed by atoms with E-state index in [1.165, 1.54) is 24.0 Å². The molecule has 2 aromatic rings. The van der Waals surface area contributed by atoms with Crippen LogP contribution in [-0.2, 0) is 17.6 Å². The lowest BCUT2D eigenvalue weighted by molar-refractivity contribution is 0.0606. The maximum Gasteiger partial charge on any atom is 0.348 e. The van der Waals surface area contributed by atoms with Crippen molar-refractivity contribution < 1.29 is 14.3 Å². The summed E-state index contributed by atoms with van der Waals surface area (Å²) in [6, 6.07) is 9.70. The molecule has 0 amide bonds. The van der Waals surface area contributed by atoms with Crippen molar-refractivity contribution in [3.8, 4) is 0 Å². The summed E-state index contributed by atoms with van der Waals surface area (Å²) in [6.45, 7) is 5.83. The highest BCUT2D eigenvalue weighted by Crippen LogP contribution is 2.36. The van der Waals surface area contributed by atoms with Gasteiger partial charge in [0.05, 0.1) is 7.11 Å². The van der Waals surface area contributed by atoms with Gasteiger partial charge in [-0.3, -0.25) is 4.79 Å². The Balaban J connectivity index is 1.85. The quantitative estimate of drug-likeness (QED) is 0.450. The molecule has 0 radical (unpaired) electrons. The summed E-state index contributed by atoms with van der Waals surface area (Å²) in [5, 5.41) is 0. The van der Waals surface area contributed by atoms with Crippen LogP contribution in [0.15, 0.2) is 61.2 Å². The highest BCUT2D eigenvalue weighted by molar-refractivity contribution is 7.13. The van der Waals surface area contributed by atoms with Gasteiger partial charge in [0.2, 0.25) is 0 Å². The molecule has 1 heterocycles. The highest BCUT2D eigenvalue weighted by atomic mass is 32.1. The first kappa shape index (κ1) is 20.0. The number of esters is 1. The van der Waals surface area contributed by atoms with Crippen LogP contribution in [0.2, 0.25) is 0 Å². The van der Waals surface area contributed by atoms with Crippen LogP contribution in [0.3, 0.4) is 0 Å². The van der Waals surface area contributed by atoms with E-state index in [4.69, 9.17) is 4.74 Å². The molecule has 4 heteroatoms. The second-order valence-electron chi connectivity index (χ2n) is 6.72. The number of benzene rings is 1. The number of fused-ring (bicyclic) bond motifs is 1. The zero-order valence-corrected chi connectivity index (χ0v) is 17.1. The van der Waals surface area contributed by atoms with Gasteiger partial charge in [0.15, 0.2) is 5.78 Å². The van der Waals surface area contributed by atoms with Crippen LogP contribution < -0.4 is 0 Å². The van der Waals surface area contributed by atoms with Crippen molar-refractivity contribution in [3.63, 3.8) is 0 Å². The van der Waals surface area contributed by atoms with E-state index in [2.05, 4.69) is 25.6 Å². The molecule has 0 bridgehead atoms. The van der Waals surface area contributed by atoms with Crippen LogP contribution in [0.25, 0.3) is 5.57 Å². The molecule has 0 spiro atoms. The van der Waals surface area contributed by atoms with Gasteiger partial charge in [-0.1, -0.05) is 56.0 Å². The highest BCUT2D eigenvalue weighted by Gasteiger charge is 2.32. The Morgan fingerprint density at radius 2 is 2.11 bits per heavy atom. The molecule has 1 aromatic carbocycles. The second kappa shape index (κ2) is 8.98. The number of hydrogen-bond acceptors (Lipinski definition) is 4. The fraction of sp³-hybridized carbons (Fsp3) is 0.250. The molecule has 1 unspecified atom stereocenters. The van der Waals surface area contributed by atoms with E-state index in [0.29, 0.717) is 11.3 Å². The topological polar surface area (TPSA) is 43.4 Å². The third-order valence-electron chi connectivity index (χ3n) is 5.03. The standard InChI is InChI=1S/C24H24O3S/c1-4-6-7-9-16(5-2)19-10-8-11-20-21(19)15-17(23(20)25)14-18-12-13-22(28-18)24(26)27-3/h4,6-13,17H,1,5,14-15H2,2-3H3/b7-6-,16-9+. The van der Waals surface area contributed by atoms with Crippen LogP contribution in [0.4, 0.5) is 0 Å². The van der Waals surface area contributed by atoms with Crippen LogP contribution in [-0.4, -0.2) is 18.9 Å². The molecule has 28 heavy (non-hydrogen) atoms. The number of methoxy groups -OCH3 is 1. The van der Waals surface area contributed by atoms with E-state index < -0.39 is 0 Å².